The molecule has 10 nitrogen and oxygen atoms in total. The van der Waals surface area contributed by atoms with Crippen molar-refractivity contribution in [2.45, 2.75) is 0 Å². The Morgan fingerprint density at radius 3 is 2.24 bits per heavy atom. The third-order valence-electron chi connectivity index (χ3n) is 3.74. The van der Waals surface area contributed by atoms with Crippen LogP contribution in [0.4, 0.5) is 28.7 Å². The number of hydrogen-bond donors (Lipinski definition) is 2. The van der Waals surface area contributed by atoms with E-state index in [0.29, 0.717) is 22.9 Å². The zero-order chi connectivity index (χ0) is 21.0. The van der Waals surface area contributed by atoms with Crippen LogP contribution in [0.25, 0.3) is 0 Å². The average molecular weight is 437 g/mol. The number of nitro groups is 1. The van der Waals surface area contributed by atoms with E-state index in [1.165, 1.54) is 32.8 Å². The zero-order valence-corrected chi connectivity index (χ0v) is 16.7. The van der Waals surface area contributed by atoms with Gasteiger partial charge in [0.1, 0.15) is 17.8 Å². The van der Waals surface area contributed by atoms with Gasteiger partial charge in [0, 0.05) is 12.3 Å². The molecule has 0 saturated carbocycles. The lowest BCUT2D eigenvalue weighted by Crippen LogP contribution is -2.06. The molecule has 2 heterocycles. The number of nitrogens with zero attached hydrogens (tertiary/aromatic N) is 4. The molecule has 0 spiro atoms. The van der Waals surface area contributed by atoms with Crippen molar-refractivity contribution in [3.8, 4) is 11.5 Å². The number of benzene rings is 1. The molecule has 12 heteroatoms. The minimum absolute atomic E-state index is 0.0685. The van der Waals surface area contributed by atoms with E-state index >= 15 is 0 Å². The minimum Gasteiger partial charge on any atom is -0.495 e. The zero-order valence-electron chi connectivity index (χ0n) is 15.1. The molecule has 0 aliphatic carbocycles. The number of pyridine rings is 1. The van der Waals surface area contributed by atoms with Gasteiger partial charge in [-0.2, -0.15) is 0 Å². The van der Waals surface area contributed by atoms with E-state index in [1.807, 2.05) is 0 Å². The maximum atomic E-state index is 11.7. The minimum atomic E-state index is -0.619. The molecular formula is C17H14Cl2N6O4. The Morgan fingerprint density at radius 2 is 1.66 bits per heavy atom. The number of aromatic nitrogens is 3. The standard InChI is InChI=1S/C17H14Cl2N6O4/c1-28-12-7-13(29-2)11(6-9(12)18)24-17-14(25(26)27)16(21-8-22-17)23-10-4-3-5-20-15(10)19/h3-8H,1-2H3,(H2,21,22,23,24). The van der Waals surface area contributed by atoms with Crippen LogP contribution < -0.4 is 20.1 Å². The molecule has 0 unspecified atom stereocenters. The van der Waals surface area contributed by atoms with E-state index in [-0.39, 0.29) is 21.8 Å². The quantitative estimate of drug-likeness (QED) is 0.310. The van der Waals surface area contributed by atoms with Gasteiger partial charge in [-0.25, -0.2) is 15.0 Å². The SMILES string of the molecule is COc1cc(OC)c(Nc2ncnc(Nc3cccnc3Cl)c2[N+](=O)[O-])cc1Cl. The van der Waals surface area contributed by atoms with Gasteiger partial charge in [0.25, 0.3) is 0 Å². The molecule has 0 radical (unpaired) electrons. The van der Waals surface area contributed by atoms with Crippen molar-refractivity contribution in [3.63, 3.8) is 0 Å². The van der Waals surface area contributed by atoms with Gasteiger partial charge in [-0.05, 0) is 18.2 Å². The number of anilines is 4. The lowest BCUT2D eigenvalue weighted by molar-refractivity contribution is -0.383. The summed E-state index contributed by atoms with van der Waals surface area (Å²) in [6.07, 6.45) is 2.66. The van der Waals surface area contributed by atoms with E-state index in [2.05, 4.69) is 25.6 Å². The first kappa shape index (κ1) is 20.4. The summed E-state index contributed by atoms with van der Waals surface area (Å²) in [5, 5.41) is 17.8. The molecule has 29 heavy (non-hydrogen) atoms. The molecular weight excluding hydrogens is 423 g/mol. The van der Waals surface area contributed by atoms with E-state index in [4.69, 9.17) is 32.7 Å². The predicted molar refractivity (Wildman–Crippen MR) is 109 cm³/mol. The second-order valence-electron chi connectivity index (χ2n) is 5.46. The van der Waals surface area contributed by atoms with Crippen molar-refractivity contribution >= 4 is 51.9 Å². The third kappa shape index (κ3) is 4.39. The lowest BCUT2D eigenvalue weighted by atomic mass is 10.2. The molecule has 2 aromatic heterocycles. The summed E-state index contributed by atoms with van der Waals surface area (Å²) in [7, 11) is 2.91. The second-order valence-corrected chi connectivity index (χ2v) is 6.22. The van der Waals surface area contributed by atoms with Crippen molar-refractivity contribution in [1.82, 2.24) is 15.0 Å². The Kier molecular flexibility index (Phi) is 6.15. The first-order valence-electron chi connectivity index (χ1n) is 8.00. The molecule has 0 atom stereocenters. The van der Waals surface area contributed by atoms with Crippen LogP contribution in [0.1, 0.15) is 0 Å². The first-order valence-corrected chi connectivity index (χ1v) is 8.75. The van der Waals surface area contributed by atoms with Crippen molar-refractivity contribution in [2.24, 2.45) is 0 Å². The highest BCUT2D eigenvalue weighted by molar-refractivity contribution is 6.32. The van der Waals surface area contributed by atoms with Gasteiger partial charge in [0.2, 0.25) is 11.6 Å². The maximum absolute atomic E-state index is 11.7. The van der Waals surface area contributed by atoms with Crippen molar-refractivity contribution in [2.75, 3.05) is 24.9 Å². The number of nitrogens with one attached hydrogen (secondary N) is 2. The predicted octanol–water partition coefficient (Wildman–Crippen LogP) is 4.59. The van der Waals surface area contributed by atoms with Crippen LogP contribution in [0.2, 0.25) is 10.2 Å². The van der Waals surface area contributed by atoms with Crippen molar-refractivity contribution in [1.29, 1.82) is 0 Å². The summed E-state index contributed by atoms with van der Waals surface area (Å²) in [5.74, 6) is 0.594. The molecule has 0 fully saturated rings. The summed E-state index contributed by atoms with van der Waals surface area (Å²) < 4.78 is 10.5. The molecule has 150 valence electrons. The van der Waals surface area contributed by atoms with E-state index in [0.717, 1.165) is 0 Å². The molecule has 0 bridgehead atoms. The van der Waals surface area contributed by atoms with E-state index < -0.39 is 10.6 Å². The average Bonchev–Trinajstić information content (AvgIpc) is 2.70. The fraction of sp³-hybridized carbons (Fsp3) is 0.118. The maximum Gasteiger partial charge on any atom is 0.353 e. The van der Waals surface area contributed by atoms with Gasteiger partial charge in [-0.1, -0.05) is 23.2 Å². The fourth-order valence-electron chi connectivity index (χ4n) is 2.43. The molecule has 0 aliphatic rings. The largest absolute Gasteiger partial charge is 0.495 e. The number of hydrogen-bond acceptors (Lipinski definition) is 9. The Morgan fingerprint density at radius 1 is 1.00 bits per heavy atom. The van der Waals surface area contributed by atoms with Crippen LogP contribution in [-0.2, 0) is 0 Å². The van der Waals surface area contributed by atoms with Crippen LogP contribution in [0.15, 0.2) is 36.8 Å². The van der Waals surface area contributed by atoms with Crippen molar-refractivity contribution in [3.05, 3.63) is 57.1 Å². The van der Waals surface area contributed by atoms with Crippen LogP contribution in [0, 0.1) is 10.1 Å². The van der Waals surface area contributed by atoms with Gasteiger partial charge in [-0.15, -0.1) is 0 Å². The Labute approximate surface area is 175 Å². The topological polar surface area (TPSA) is 124 Å². The summed E-state index contributed by atoms with van der Waals surface area (Å²) in [6.45, 7) is 0. The smallest absolute Gasteiger partial charge is 0.353 e. The molecule has 3 aromatic rings. The lowest BCUT2D eigenvalue weighted by Gasteiger charge is -2.14. The highest BCUT2D eigenvalue weighted by Gasteiger charge is 2.25. The number of rotatable bonds is 7. The second kappa shape index (κ2) is 8.76. The first-order chi connectivity index (χ1) is 13.9. The van der Waals surface area contributed by atoms with Gasteiger partial charge in [0.15, 0.2) is 5.15 Å². The number of ether oxygens (including phenoxy) is 2. The van der Waals surface area contributed by atoms with E-state index in [9.17, 15) is 10.1 Å². The monoisotopic (exact) mass is 436 g/mol. The van der Waals surface area contributed by atoms with E-state index in [1.54, 1.807) is 18.2 Å². The fourth-order valence-corrected chi connectivity index (χ4v) is 2.83. The molecule has 1 aromatic carbocycles. The normalized spacial score (nSPS) is 10.3. The number of halogens is 2. The Bertz CT molecular complexity index is 1070. The highest BCUT2D eigenvalue weighted by atomic mass is 35.5. The molecule has 3 rings (SSSR count). The van der Waals surface area contributed by atoms with Gasteiger partial charge in [0.05, 0.1) is 35.5 Å². The summed E-state index contributed by atoms with van der Waals surface area (Å²) >= 11 is 12.2. The number of methoxy groups -OCH3 is 2. The molecule has 0 amide bonds. The molecule has 0 aliphatic heterocycles. The Hall–Kier alpha value is -3.37. The molecule has 2 N–H and O–H groups in total. The Balaban J connectivity index is 2.04. The molecule has 0 saturated heterocycles. The van der Waals surface area contributed by atoms with Crippen LogP contribution in [0.5, 0.6) is 11.5 Å². The van der Waals surface area contributed by atoms with Crippen LogP contribution >= 0.6 is 23.2 Å². The third-order valence-corrected chi connectivity index (χ3v) is 4.34. The van der Waals surface area contributed by atoms with Crippen LogP contribution in [-0.4, -0.2) is 34.1 Å². The summed E-state index contributed by atoms with van der Waals surface area (Å²) in [5.41, 5.74) is 0.305. The van der Waals surface area contributed by atoms with Gasteiger partial charge >= 0.3 is 5.69 Å². The van der Waals surface area contributed by atoms with Crippen LogP contribution in [0.3, 0.4) is 0 Å². The van der Waals surface area contributed by atoms with Gasteiger partial charge < -0.3 is 20.1 Å². The summed E-state index contributed by atoms with van der Waals surface area (Å²) in [6, 6.07) is 6.30. The van der Waals surface area contributed by atoms with Gasteiger partial charge in [-0.3, -0.25) is 10.1 Å². The van der Waals surface area contributed by atoms with Crippen molar-refractivity contribution < 1.29 is 14.4 Å². The summed E-state index contributed by atoms with van der Waals surface area (Å²) in [4.78, 5) is 23.0. The highest BCUT2D eigenvalue weighted by Crippen LogP contribution is 2.40.